The highest BCUT2D eigenvalue weighted by molar-refractivity contribution is 5.51. The molecule has 0 spiro atoms. The summed E-state index contributed by atoms with van der Waals surface area (Å²) in [6.45, 7) is -0.352. The molecule has 0 aromatic carbocycles. The van der Waals surface area contributed by atoms with Gasteiger partial charge in [0.2, 0.25) is 0 Å². The summed E-state index contributed by atoms with van der Waals surface area (Å²) in [7, 11) is 0. The number of aliphatic hydroxyl groups excluding tert-OH is 3. The average Bonchev–Trinajstić information content (AvgIpc) is 2.33. The van der Waals surface area contributed by atoms with Gasteiger partial charge in [-0.2, -0.15) is 0 Å². The summed E-state index contributed by atoms with van der Waals surface area (Å²) in [6, 6.07) is 0. The number of hydrogen-bond donors (Lipinski definition) is 4. The summed E-state index contributed by atoms with van der Waals surface area (Å²) in [6.07, 6.45) is -2.90. The molecular formula is C6H12N2O4. The number of aliphatic hydroxyl groups is 3. The molecule has 1 aliphatic heterocycles. The first kappa shape index (κ1) is 9.40. The van der Waals surface area contributed by atoms with Crippen LogP contribution in [-0.4, -0.2) is 52.8 Å². The average molecular weight is 176 g/mol. The van der Waals surface area contributed by atoms with Crippen molar-refractivity contribution in [3.8, 4) is 0 Å². The summed E-state index contributed by atoms with van der Waals surface area (Å²) in [5.74, 6) is 0. The van der Waals surface area contributed by atoms with Crippen molar-refractivity contribution in [2.24, 2.45) is 10.7 Å². The van der Waals surface area contributed by atoms with Crippen molar-refractivity contribution < 1.29 is 20.1 Å². The molecule has 6 nitrogen and oxygen atoms in total. The minimum atomic E-state index is -1.12. The predicted molar refractivity (Wildman–Crippen MR) is 40.4 cm³/mol. The van der Waals surface area contributed by atoms with Crippen LogP contribution in [0.4, 0.5) is 0 Å². The number of aliphatic imine (C=N–C) groups is 1. The SMILES string of the molecule is NC=N[C@H]1O[C@@H](CO)C(O)[C@@H]1O. The standard InChI is InChI=1S/C6H12N2O4/c7-2-8-6-5(11)4(10)3(1-9)12-6/h2-6,9-11H,1H2,(H2,7,8)/t3-,4?,5-,6-/m0/s1. The zero-order chi connectivity index (χ0) is 9.14. The van der Waals surface area contributed by atoms with Gasteiger partial charge in [0.1, 0.15) is 18.3 Å². The van der Waals surface area contributed by atoms with Gasteiger partial charge in [0.05, 0.1) is 12.9 Å². The Labute approximate surface area is 69.3 Å². The van der Waals surface area contributed by atoms with Gasteiger partial charge in [-0.1, -0.05) is 0 Å². The number of hydrogen-bond acceptors (Lipinski definition) is 5. The van der Waals surface area contributed by atoms with Crippen LogP contribution in [0.1, 0.15) is 0 Å². The zero-order valence-corrected chi connectivity index (χ0v) is 6.37. The molecule has 5 N–H and O–H groups in total. The Kier molecular flexibility index (Phi) is 2.99. The van der Waals surface area contributed by atoms with Gasteiger partial charge >= 0.3 is 0 Å². The van der Waals surface area contributed by atoms with Crippen molar-refractivity contribution in [2.75, 3.05) is 6.61 Å². The van der Waals surface area contributed by atoms with E-state index >= 15 is 0 Å². The third-order valence-corrected chi connectivity index (χ3v) is 1.75. The summed E-state index contributed by atoms with van der Waals surface area (Å²) < 4.78 is 4.95. The Morgan fingerprint density at radius 1 is 1.42 bits per heavy atom. The molecular weight excluding hydrogens is 164 g/mol. The highest BCUT2D eigenvalue weighted by Gasteiger charge is 2.41. The Morgan fingerprint density at radius 2 is 2.08 bits per heavy atom. The van der Waals surface area contributed by atoms with Crippen molar-refractivity contribution in [2.45, 2.75) is 24.5 Å². The normalized spacial score (nSPS) is 42.6. The second-order valence-corrected chi connectivity index (χ2v) is 2.53. The van der Waals surface area contributed by atoms with E-state index in [2.05, 4.69) is 4.99 Å². The van der Waals surface area contributed by atoms with Crippen molar-refractivity contribution >= 4 is 6.34 Å². The van der Waals surface area contributed by atoms with Crippen LogP contribution < -0.4 is 5.73 Å². The summed E-state index contributed by atoms with van der Waals surface area (Å²) in [4.78, 5) is 3.56. The molecule has 1 saturated heterocycles. The van der Waals surface area contributed by atoms with Crippen LogP contribution in [0.3, 0.4) is 0 Å². The van der Waals surface area contributed by atoms with Crippen molar-refractivity contribution in [1.29, 1.82) is 0 Å². The lowest BCUT2D eigenvalue weighted by atomic mass is 10.1. The highest BCUT2D eigenvalue weighted by atomic mass is 16.6. The second-order valence-electron chi connectivity index (χ2n) is 2.53. The monoisotopic (exact) mass is 176 g/mol. The van der Waals surface area contributed by atoms with Gasteiger partial charge in [-0.05, 0) is 0 Å². The zero-order valence-electron chi connectivity index (χ0n) is 6.37. The van der Waals surface area contributed by atoms with E-state index in [9.17, 15) is 10.2 Å². The topological polar surface area (TPSA) is 108 Å². The van der Waals surface area contributed by atoms with E-state index in [1.165, 1.54) is 0 Å². The van der Waals surface area contributed by atoms with Crippen LogP contribution in [0.15, 0.2) is 4.99 Å². The largest absolute Gasteiger partial charge is 0.394 e. The lowest BCUT2D eigenvalue weighted by Crippen LogP contribution is -2.33. The number of nitrogens with two attached hydrogens (primary N) is 1. The fourth-order valence-electron chi connectivity index (χ4n) is 1.09. The summed E-state index contributed by atoms with van der Waals surface area (Å²) in [5, 5.41) is 27.1. The molecule has 0 amide bonds. The second kappa shape index (κ2) is 3.81. The van der Waals surface area contributed by atoms with Gasteiger partial charge in [-0.15, -0.1) is 0 Å². The van der Waals surface area contributed by atoms with Gasteiger partial charge in [0, 0.05) is 0 Å². The van der Waals surface area contributed by atoms with E-state index in [4.69, 9.17) is 15.6 Å². The smallest absolute Gasteiger partial charge is 0.178 e. The van der Waals surface area contributed by atoms with E-state index in [-0.39, 0.29) is 6.61 Å². The van der Waals surface area contributed by atoms with Crippen molar-refractivity contribution in [1.82, 2.24) is 0 Å². The number of ether oxygens (including phenoxy) is 1. The highest BCUT2D eigenvalue weighted by Crippen LogP contribution is 2.21. The van der Waals surface area contributed by atoms with Crippen LogP contribution in [0, 0.1) is 0 Å². The fourth-order valence-corrected chi connectivity index (χ4v) is 1.09. The van der Waals surface area contributed by atoms with Crippen LogP contribution in [0.2, 0.25) is 0 Å². The molecule has 12 heavy (non-hydrogen) atoms. The molecule has 1 fully saturated rings. The summed E-state index contributed by atoms with van der Waals surface area (Å²) >= 11 is 0. The molecule has 1 heterocycles. The van der Waals surface area contributed by atoms with E-state index in [1.54, 1.807) is 0 Å². The first-order valence-electron chi connectivity index (χ1n) is 3.56. The fraction of sp³-hybridized carbons (Fsp3) is 0.833. The quantitative estimate of drug-likeness (QED) is 0.273. The van der Waals surface area contributed by atoms with Crippen molar-refractivity contribution in [3.63, 3.8) is 0 Å². The molecule has 4 atom stereocenters. The number of rotatable bonds is 2. The van der Waals surface area contributed by atoms with Gasteiger partial charge in [-0.25, -0.2) is 4.99 Å². The third kappa shape index (κ3) is 1.56. The van der Waals surface area contributed by atoms with Gasteiger partial charge in [0.25, 0.3) is 0 Å². The predicted octanol–water partition coefficient (Wildman–Crippen LogP) is -2.59. The first-order chi connectivity index (χ1) is 5.70. The molecule has 0 aromatic heterocycles. The molecule has 1 rings (SSSR count). The van der Waals surface area contributed by atoms with Crippen LogP contribution in [0.25, 0.3) is 0 Å². The van der Waals surface area contributed by atoms with Crippen LogP contribution in [-0.2, 0) is 4.74 Å². The maximum absolute atomic E-state index is 9.23. The molecule has 70 valence electrons. The molecule has 0 aromatic rings. The number of nitrogens with zero attached hydrogens (tertiary/aromatic N) is 1. The molecule has 0 radical (unpaired) electrons. The molecule has 0 aliphatic carbocycles. The van der Waals surface area contributed by atoms with Crippen LogP contribution >= 0.6 is 0 Å². The molecule has 0 saturated carbocycles. The van der Waals surface area contributed by atoms with E-state index in [0.29, 0.717) is 0 Å². The van der Waals surface area contributed by atoms with Crippen molar-refractivity contribution in [3.05, 3.63) is 0 Å². The third-order valence-electron chi connectivity index (χ3n) is 1.75. The lowest BCUT2D eigenvalue weighted by Gasteiger charge is -2.09. The molecule has 0 bridgehead atoms. The maximum atomic E-state index is 9.23. The summed E-state index contributed by atoms with van der Waals surface area (Å²) in [5.41, 5.74) is 4.98. The minimum Gasteiger partial charge on any atom is -0.394 e. The van der Waals surface area contributed by atoms with Gasteiger partial charge < -0.3 is 25.8 Å². The Bertz CT molecular complexity index is 175. The maximum Gasteiger partial charge on any atom is 0.178 e. The molecule has 6 heteroatoms. The first-order valence-corrected chi connectivity index (χ1v) is 3.56. The Morgan fingerprint density at radius 3 is 2.50 bits per heavy atom. The Hall–Kier alpha value is -0.690. The van der Waals surface area contributed by atoms with Gasteiger partial charge in [-0.3, -0.25) is 0 Å². The minimum absolute atomic E-state index is 0.352. The van der Waals surface area contributed by atoms with Gasteiger partial charge in [0.15, 0.2) is 6.23 Å². The molecule has 1 aliphatic rings. The Balaban J connectivity index is 2.60. The van der Waals surface area contributed by atoms with E-state index in [0.717, 1.165) is 6.34 Å². The van der Waals surface area contributed by atoms with E-state index in [1.807, 2.05) is 0 Å². The van der Waals surface area contributed by atoms with Crippen LogP contribution in [0.5, 0.6) is 0 Å². The molecule has 1 unspecified atom stereocenters. The van der Waals surface area contributed by atoms with E-state index < -0.39 is 24.5 Å². The lowest BCUT2D eigenvalue weighted by molar-refractivity contribution is -0.0192.